The molecule has 8 nitrogen and oxygen atoms in total. The summed E-state index contributed by atoms with van der Waals surface area (Å²) in [6, 6.07) is 129. The fourth-order valence-electron chi connectivity index (χ4n) is 18.2. The summed E-state index contributed by atoms with van der Waals surface area (Å²) in [6.45, 7) is 17.9. The summed E-state index contributed by atoms with van der Waals surface area (Å²) in [5.74, 6) is 0. The van der Waals surface area contributed by atoms with E-state index >= 15 is 0 Å². The van der Waals surface area contributed by atoms with Crippen molar-refractivity contribution in [3.05, 3.63) is 385 Å². The Labute approximate surface area is 696 Å². The minimum absolute atomic E-state index is 0.0589. The molecule has 120 heavy (non-hydrogen) atoms. The molecule has 0 unspecified atom stereocenters. The van der Waals surface area contributed by atoms with E-state index in [0.717, 1.165) is 212 Å². The molecule has 4 aromatic heterocycles. The van der Waals surface area contributed by atoms with Gasteiger partial charge in [-0.05, 0) is 310 Å². The molecule has 0 spiro atoms. The Bertz CT molecular complexity index is 7740. The van der Waals surface area contributed by atoms with E-state index < -0.39 is 0 Å². The fourth-order valence-corrected chi connectivity index (χ4v) is 18.2. The van der Waals surface area contributed by atoms with Gasteiger partial charge in [0, 0.05) is 123 Å². The average Bonchev–Trinajstić information content (AvgIpc) is 1.58. The van der Waals surface area contributed by atoms with Crippen LogP contribution in [0.3, 0.4) is 0 Å². The average molecular weight is 1550 g/mol. The second-order valence-corrected chi connectivity index (χ2v) is 34.5. The molecule has 0 amide bonds. The summed E-state index contributed by atoms with van der Waals surface area (Å²) in [7, 11) is 0. The molecule has 8 heteroatoms. The van der Waals surface area contributed by atoms with Crippen molar-refractivity contribution in [3.8, 4) is 0 Å². The SMILES string of the molecule is Cc1ccc(N(c2ccc(C)cc2)c2ccc3cc4c(cc3c2)oc2cc3oc5cc6cc(N(c7ccc(C)cc7)c7ccc(CCC(C)(C)c8ccc(N(c9ccccc9)c9ccc%10cc%11c(cc%10c9)oc9cc%10oc%12cc%13cc(N(c%14ccccc%14)c%14ccc(C(C)(C)C)cc%14)ccc%13cc%12c%10cc9%11)cc8)cc7)ccc6cc5c3cc24)cc1. The van der Waals surface area contributed by atoms with Gasteiger partial charge in [0.15, 0.2) is 0 Å². The molecular weight excluding hydrogens is 1470 g/mol. The zero-order valence-electron chi connectivity index (χ0n) is 68.3. The van der Waals surface area contributed by atoms with Crippen LogP contribution < -0.4 is 19.6 Å². The van der Waals surface area contributed by atoms with Gasteiger partial charge < -0.3 is 37.3 Å². The molecule has 578 valence electrons. The van der Waals surface area contributed by atoms with Gasteiger partial charge in [-0.3, -0.25) is 0 Å². The second kappa shape index (κ2) is 28.1. The van der Waals surface area contributed by atoms with Gasteiger partial charge in [0.1, 0.15) is 44.7 Å². The van der Waals surface area contributed by atoms with Crippen molar-refractivity contribution < 1.29 is 17.7 Å². The molecule has 0 radical (unpaired) electrons. The zero-order valence-corrected chi connectivity index (χ0v) is 68.3. The highest BCUT2D eigenvalue weighted by Gasteiger charge is 2.26. The van der Waals surface area contributed by atoms with E-state index in [1.165, 1.54) is 33.4 Å². The Hall–Kier alpha value is -14.6. The summed E-state index contributed by atoms with van der Waals surface area (Å²) in [6.07, 6.45) is 1.89. The van der Waals surface area contributed by atoms with Gasteiger partial charge >= 0.3 is 0 Å². The summed E-state index contributed by atoms with van der Waals surface area (Å²) >= 11 is 0. The number of fused-ring (bicyclic) bond motifs is 16. The van der Waals surface area contributed by atoms with Crippen LogP contribution in [-0.4, -0.2) is 0 Å². The van der Waals surface area contributed by atoms with Crippen molar-refractivity contribution in [3.63, 3.8) is 0 Å². The van der Waals surface area contributed by atoms with E-state index in [2.05, 4.69) is 427 Å². The Morgan fingerprint density at radius 1 is 0.208 bits per heavy atom. The third-order valence-electron chi connectivity index (χ3n) is 25.0. The number of hydrogen-bond acceptors (Lipinski definition) is 8. The van der Waals surface area contributed by atoms with Crippen molar-refractivity contribution >= 4 is 199 Å². The minimum Gasteiger partial charge on any atom is -0.456 e. The van der Waals surface area contributed by atoms with Crippen molar-refractivity contribution in [2.75, 3.05) is 19.6 Å². The number of aryl methyl sites for hydroxylation is 4. The number of furan rings is 4. The molecule has 22 aromatic rings. The predicted octanol–water partition coefficient (Wildman–Crippen LogP) is 32.9. The second-order valence-electron chi connectivity index (χ2n) is 34.5. The van der Waals surface area contributed by atoms with Crippen molar-refractivity contribution in [2.45, 2.75) is 79.1 Å². The van der Waals surface area contributed by atoms with Crippen molar-refractivity contribution in [1.29, 1.82) is 0 Å². The zero-order chi connectivity index (χ0) is 80.8. The van der Waals surface area contributed by atoms with Crippen LogP contribution in [0.4, 0.5) is 68.2 Å². The largest absolute Gasteiger partial charge is 0.456 e. The highest BCUT2D eigenvalue weighted by atomic mass is 16.4. The lowest BCUT2D eigenvalue weighted by atomic mass is 9.79. The predicted molar refractivity (Wildman–Crippen MR) is 505 cm³/mol. The monoisotopic (exact) mass is 1550 g/mol. The molecular formula is C112H86N4O4. The molecule has 0 saturated heterocycles. The number of hydrogen-bond donors (Lipinski definition) is 0. The lowest BCUT2D eigenvalue weighted by Crippen LogP contribution is -2.18. The summed E-state index contributed by atoms with van der Waals surface area (Å²) in [4.78, 5) is 9.37. The first-order valence-electron chi connectivity index (χ1n) is 41.7. The van der Waals surface area contributed by atoms with E-state index in [1.54, 1.807) is 0 Å². The summed E-state index contributed by atoms with van der Waals surface area (Å²) in [5.41, 5.74) is 27.1. The number of anilines is 12. The Kier molecular flexibility index (Phi) is 16.8. The van der Waals surface area contributed by atoms with Crippen LogP contribution in [0.2, 0.25) is 0 Å². The lowest BCUT2D eigenvalue weighted by Gasteiger charge is -2.29. The van der Waals surface area contributed by atoms with Crippen LogP contribution in [0, 0.1) is 20.8 Å². The standard InChI is InChI=1S/C112H86N4O4/c1-69-19-35-85(36-20-69)115(86-37-21-70(2)22-38-86)93-45-29-75-59-97-101-66-102-98-60-76-30-46-94(56-80(76)64-106(98)120-110(102)68-109(101)119-105(97)63-79(75)55-93)116(87-39-23-71(3)24-40-87)88-41-25-72(26-42-88)51-52-112(7,8)82-33-49-90(50-34-82)114(84-17-13-10-14-18-84)92-44-28-74-58-96-100-65-99-95-57-73-27-43-91(113(83-15-11-9-12-16-83)89-47-31-81(32-48-89)111(4,5)6)53-77(73)61-103(95)117-107(99)67-108(100)118-104(96)62-78(74)54-92/h9-50,53-68H,51-52H2,1-8H3. The van der Waals surface area contributed by atoms with Crippen LogP contribution in [0.5, 0.6) is 0 Å². The molecule has 0 atom stereocenters. The van der Waals surface area contributed by atoms with Gasteiger partial charge in [-0.25, -0.2) is 0 Å². The lowest BCUT2D eigenvalue weighted by molar-refractivity contribution is 0.480. The summed E-state index contributed by atoms with van der Waals surface area (Å²) in [5, 5.41) is 17.6. The molecule has 0 saturated carbocycles. The van der Waals surface area contributed by atoms with Crippen LogP contribution >= 0.6 is 0 Å². The maximum absolute atomic E-state index is 6.79. The van der Waals surface area contributed by atoms with Crippen molar-refractivity contribution in [1.82, 2.24) is 0 Å². The number of benzene rings is 18. The van der Waals surface area contributed by atoms with Gasteiger partial charge in [0.25, 0.3) is 0 Å². The number of para-hydroxylation sites is 2. The van der Waals surface area contributed by atoms with E-state index in [-0.39, 0.29) is 10.8 Å². The maximum atomic E-state index is 6.79. The quantitative estimate of drug-likeness (QED) is 0.0948. The highest BCUT2D eigenvalue weighted by Crippen LogP contribution is 2.48. The summed E-state index contributed by atoms with van der Waals surface area (Å²) < 4.78 is 27.0. The minimum atomic E-state index is -0.115. The van der Waals surface area contributed by atoms with Gasteiger partial charge in [-0.1, -0.05) is 185 Å². The smallest absolute Gasteiger partial charge is 0.139 e. The molecule has 0 N–H and O–H groups in total. The van der Waals surface area contributed by atoms with E-state index in [1.807, 2.05) is 0 Å². The third-order valence-corrected chi connectivity index (χ3v) is 25.0. The Morgan fingerprint density at radius 2 is 0.450 bits per heavy atom. The molecule has 0 fully saturated rings. The third kappa shape index (κ3) is 12.8. The van der Waals surface area contributed by atoms with Crippen LogP contribution in [-0.2, 0) is 17.3 Å². The fraction of sp³-hybridized carbons (Fsp3) is 0.107. The van der Waals surface area contributed by atoms with E-state index in [9.17, 15) is 0 Å². The molecule has 4 heterocycles. The van der Waals surface area contributed by atoms with Crippen LogP contribution in [0.25, 0.3) is 131 Å². The first kappa shape index (κ1) is 71.9. The van der Waals surface area contributed by atoms with Crippen molar-refractivity contribution in [2.24, 2.45) is 0 Å². The molecule has 22 rings (SSSR count). The number of rotatable bonds is 16. The molecule has 0 bridgehead atoms. The Morgan fingerprint density at radius 3 is 0.742 bits per heavy atom. The van der Waals surface area contributed by atoms with Crippen LogP contribution in [0.1, 0.15) is 74.4 Å². The first-order chi connectivity index (χ1) is 58.4. The molecule has 0 aliphatic rings. The maximum Gasteiger partial charge on any atom is 0.139 e. The first-order valence-corrected chi connectivity index (χ1v) is 41.7. The van der Waals surface area contributed by atoms with E-state index in [0.29, 0.717) is 0 Å². The topological polar surface area (TPSA) is 65.5 Å². The van der Waals surface area contributed by atoms with E-state index in [4.69, 9.17) is 17.7 Å². The molecule has 0 aliphatic heterocycles. The number of nitrogens with zero attached hydrogens (tertiary/aromatic N) is 4. The van der Waals surface area contributed by atoms with Gasteiger partial charge in [0.2, 0.25) is 0 Å². The van der Waals surface area contributed by atoms with Gasteiger partial charge in [-0.15, -0.1) is 0 Å². The Balaban J connectivity index is 0.508. The normalized spacial score (nSPS) is 12.2. The molecule has 18 aromatic carbocycles. The van der Waals surface area contributed by atoms with Crippen LogP contribution in [0.15, 0.2) is 370 Å². The molecule has 0 aliphatic carbocycles. The highest BCUT2D eigenvalue weighted by molar-refractivity contribution is 6.21. The van der Waals surface area contributed by atoms with Gasteiger partial charge in [-0.2, -0.15) is 0 Å². The van der Waals surface area contributed by atoms with Gasteiger partial charge in [0.05, 0.1) is 0 Å².